The lowest BCUT2D eigenvalue weighted by Crippen LogP contribution is -2.29. The monoisotopic (exact) mass is 365 g/mol. The molecule has 0 radical (unpaired) electrons. The topological polar surface area (TPSA) is 114 Å². The highest BCUT2D eigenvalue weighted by atomic mass is 32.2. The van der Waals surface area contributed by atoms with Gasteiger partial charge in [-0.3, -0.25) is 4.72 Å². The third kappa shape index (κ3) is 4.88. The fourth-order valence-corrected chi connectivity index (χ4v) is 2.35. The zero-order chi connectivity index (χ0) is 18.4. The second-order valence-corrected chi connectivity index (χ2v) is 6.97. The van der Waals surface area contributed by atoms with Crippen molar-refractivity contribution in [2.75, 3.05) is 30.7 Å². The van der Waals surface area contributed by atoms with Crippen LogP contribution in [0.1, 0.15) is 17.3 Å². The summed E-state index contributed by atoms with van der Waals surface area (Å²) in [6.45, 7) is 2.00. The number of para-hydroxylation sites is 1. The van der Waals surface area contributed by atoms with Gasteiger partial charge in [0.05, 0.1) is 17.9 Å². The van der Waals surface area contributed by atoms with Gasteiger partial charge >= 0.3 is 16.2 Å². The quantitative estimate of drug-likeness (QED) is 0.717. The van der Waals surface area contributed by atoms with Crippen LogP contribution in [0.3, 0.4) is 0 Å². The number of nitrogens with zero attached hydrogens (tertiary/aromatic N) is 3. The van der Waals surface area contributed by atoms with Gasteiger partial charge in [0.2, 0.25) is 0 Å². The Kier molecular flexibility index (Phi) is 5.88. The van der Waals surface area contributed by atoms with Crippen molar-refractivity contribution in [3.63, 3.8) is 0 Å². The fraction of sp³-hybridized carbons (Fsp3) is 0.267. The molecule has 0 spiro atoms. The van der Waals surface area contributed by atoms with Crippen molar-refractivity contribution in [3.8, 4) is 0 Å². The number of ether oxygens (including phenoxy) is 1. The number of benzene rings is 1. The van der Waals surface area contributed by atoms with Crippen LogP contribution < -0.4 is 10.0 Å². The number of nitrogens with one attached hydrogen (secondary N) is 2. The first-order valence-corrected chi connectivity index (χ1v) is 8.84. The Hall–Kier alpha value is -2.72. The second kappa shape index (κ2) is 7.90. The molecule has 0 fully saturated rings. The van der Waals surface area contributed by atoms with Crippen LogP contribution in [0.2, 0.25) is 0 Å². The minimum atomic E-state index is -3.65. The average molecular weight is 365 g/mol. The third-order valence-electron chi connectivity index (χ3n) is 3.06. The van der Waals surface area contributed by atoms with Gasteiger partial charge in [-0.25, -0.2) is 4.79 Å². The van der Waals surface area contributed by atoms with E-state index < -0.39 is 16.2 Å². The molecule has 0 saturated heterocycles. The van der Waals surface area contributed by atoms with E-state index in [0.29, 0.717) is 17.1 Å². The highest BCUT2D eigenvalue weighted by Gasteiger charge is 2.15. The molecule has 0 aliphatic heterocycles. The standard InChI is InChI=1S/C15H19N5O4S/c1-4-24-15(21)11-7-5-6-8-12(11)16-13-9-10-14(18-17-13)19-25(22,23)20(2)3/h5-10H,4H2,1-3H3,(H,16,17)(H,18,19). The number of aromatic nitrogens is 2. The Balaban J connectivity index is 2.16. The number of carbonyl (C=O) groups excluding carboxylic acids is 1. The summed E-state index contributed by atoms with van der Waals surface area (Å²) in [5.41, 5.74) is 0.875. The second-order valence-electron chi connectivity index (χ2n) is 5.08. The van der Waals surface area contributed by atoms with Gasteiger partial charge in [-0.05, 0) is 31.2 Å². The van der Waals surface area contributed by atoms with Crippen molar-refractivity contribution in [1.82, 2.24) is 14.5 Å². The van der Waals surface area contributed by atoms with Crippen LogP contribution in [0.15, 0.2) is 36.4 Å². The Labute approximate surface area is 146 Å². The van der Waals surface area contributed by atoms with E-state index in [9.17, 15) is 13.2 Å². The molecule has 134 valence electrons. The van der Waals surface area contributed by atoms with Crippen LogP contribution in [-0.4, -0.2) is 49.6 Å². The summed E-state index contributed by atoms with van der Waals surface area (Å²) in [6, 6.07) is 9.83. The maximum Gasteiger partial charge on any atom is 0.340 e. The largest absolute Gasteiger partial charge is 0.462 e. The van der Waals surface area contributed by atoms with E-state index in [4.69, 9.17) is 4.74 Å². The van der Waals surface area contributed by atoms with Gasteiger partial charge in [-0.15, -0.1) is 10.2 Å². The fourth-order valence-electron chi connectivity index (χ4n) is 1.79. The molecule has 2 aromatic rings. The SMILES string of the molecule is CCOC(=O)c1ccccc1Nc1ccc(NS(=O)(=O)N(C)C)nn1. The number of carbonyl (C=O) groups is 1. The van der Waals surface area contributed by atoms with Crippen LogP contribution in [-0.2, 0) is 14.9 Å². The van der Waals surface area contributed by atoms with Gasteiger partial charge in [0.25, 0.3) is 0 Å². The number of rotatable bonds is 7. The van der Waals surface area contributed by atoms with E-state index >= 15 is 0 Å². The highest BCUT2D eigenvalue weighted by molar-refractivity contribution is 7.90. The Bertz CT molecular complexity index is 837. The molecule has 2 N–H and O–H groups in total. The summed E-state index contributed by atoms with van der Waals surface area (Å²) < 4.78 is 31.8. The molecule has 2 rings (SSSR count). The van der Waals surface area contributed by atoms with Crippen LogP contribution in [0.5, 0.6) is 0 Å². The van der Waals surface area contributed by atoms with Crippen molar-refractivity contribution in [2.24, 2.45) is 0 Å². The Morgan fingerprint density at radius 2 is 1.76 bits per heavy atom. The lowest BCUT2D eigenvalue weighted by molar-refractivity contribution is 0.0527. The molecule has 25 heavy (non-hydrogen) atoms. The van der Waals surface area contributed by atoms with Crippen LogP contribution in [0, 0.1) is 0 Å². The predicted molar refractivity (Wildman–Crippen MR) is 93.9 cm³/mol. The molecule has 0 amide bonds. The molecule has 0 unspecified atom stereocenters. The molecule has 0 bridgehead atoms. The molecule has 0 aliphatic carbocycles. The van der Waals surface area contributed by atoms with E-state index in [0.717, 1.165) is 4.31 Å². The summed E-state index contributed by atoms with van der Waals surface area (Å²) in [5.74, 6) is -0.0172. The molecule has 1 aromatic heterocycles. The zero-order valence-electron chi connectivity index (χ0n) is 14.1. The summed E-state index contributed by atoms with van der Waals surface area (Å²) in [5, 5.41) is 10.7. The number of anilines is 3. The van der Waals surface area contributed by atoms with Crippen molar-refractivity contribution in [2.45, 2.75) is 6.92 Å². The molecule has 9 nitrogen and oxygen atoms in total. The van der Waals surface area contributed by atoms with Crippen molar-refractivity contribution in [1.29, 1.82) is 0 Å². The van der Waals surface area contributed by atoms with Crippen LogP contribution >= 0.6 is 0 Å². The molecule has 0 atom stereocenters. The van der Waals surface area contributed by atoms with Gasteiger partial charge in [0.15, 0.2) is 11.6 Å². The molecule has 0 aliphatic rings. The highest BCUT2D eigenvalue weighted by Crippen LogP contribution is 2.20. The summed E-state index contributed by atoms with van der Waals surface area (Å²) in [4.78, 5) is 12.0. The van der Waals surface area contributed by atoms with E-state index in [1.165, 1.54) is 20.2 Å². The Morgan fingerprint density at radius 1 is 1.12 bits per heavy atom. The van der Waals surface area contributed by atoms with Crippen LogP contribution in [0.25, 0.3) is 0 Å². The summed E-state index contributed by atoms with van der Waals surface area (Å²) >= 11 is 0. The van der Waals surface area contributed by atoms with Gasteiger partial charge < -0.3 is 10.1 Å². The number of esters is 1. The zero-order valence-corrected chi connectivity index (χ0v) is 14.9. The lowest BCUT2D eigenvalue weighted by atomic mass is 10.2. The van der Waals surface area contributed by atoms with Gasteiger partial charge in [0.1, 0.15) is 0 Å². The van der Waals surface area contributed by atoms with Gasteiger partial charge in [-0.1, -0.05) is 12.1 Å². The maximum absolute atomic E-state index is 12.0. The van der Waals surface area contributed by atoms with Gasteiger partial charge in [-0.2, -0.15) is 12.7 Å². The predicted octanol–water partition coefficient (Wildman–Crippen LogP) is 1.62. The third-order valence-corrected chi connectivity index (χ3v) is 4.49. The van der Waals surface area contributed by atoms with E-state index in [2.05, 4.69) is 20.2 Å². The smallest absolute Gasteiger partial charge is 0.340 e. The van der Waals surface area contributed by atoms with E-state index in [-0.39, 0.29) is 12.4 Å². The maximum atomic E-state index is 12.0. The first kappa shape index (κ1) is 18.6. The molecule has 0 saturated carbocycles. The number of hydrogen-bond acceptors (Lipinski definition) is 7. The first-order valence-electron chi connectivity index (χ1n) is 7.40. The number of hydrogen-bond donors (Lipinski definition) is 2. The molecular weight excluding hydrogens is 346 g/mol. The summed E-state index contributed by atoms with van der Waals surface area (Å²) in [7, 11) is -0.846. The average Bonchev–Trinajstić information content (AvgIpc) is 2.57. The molecular formula is C15H19N5O4S. The van der Waals surface area contributed by atoms with Crippen molar-refractivity contribution in [3.05, 3.63) is 42.0 Å². The minimum Gasteiger partial charge on any atom is -0.462 e. The normalized spacial score (nSPS) is 11.2. The van der Waals surface area contributed by atoms with Crippen LogP contribution in [0.4, 0.5) is 17.3 Å². The van der Waals surface area contributed by atoms with E-state index in [1.54, 1.807) is 37.3 Å². The lowest BCUT2D eigenvalue weighted by Gasteiger charge is -2.13. The summed E-state index contributed by atoms with van der Waals surface area (Å²) in [6.07, 6.45) is 0. The Morgan fingerprint density at radius 3 is 2.36 bits per heavy atom. The van der Waals surface area contributed by atoms with Gasteiger partial charge in [0, 0.05) is 14.1 Å². The molecule has 1 aromatic carbocycles. The van der Waals surface area contributed by atoms with Crippen molar-refractivity contribution >= 4 is 33.5 Å². The first-order chi connectivity index (χ1) is 11.8. The van der Waals surface area contributed by atoms with Crippen molar-refractivity contribution < 1.29 is 17.9 Å². The molecule has 1 heterocycles. The molecule has 10 heteroatoms. The van der Waals surface area contributed by atoms with E-state index in [1.807, 2.05) is 0 Å². The minimum absolute atomic E-state index is 0.0814.